The lowest BCUT2D eigenvalue weighted by Crippen LogP contribution is -2.19. The summed E-state index contributed by atoms with van der Waals surface area (Å²) in [5.74, 6) is 0.0638. The molecule has 1 saturated carbocycles. The molecule has 5 heteroatoms. The summed E-state index contributed by atoms with van der Waals surface area (Å²) in [7, 11) is 0. The molecule has 0 aliphatic heterocycles. The molecule has 1 N–H and O–H groups in total. The molecule has 0 bridgehead atoms. The smallest absolute Gasteiger partial charge is 0.305 e. The third-order valence-corrected chi connectivity index (χ3v) is 4.02. The molecule has 110 valence electrons. The minimum atomic E-state index is -0.720. The second-order valence-corrected chi connectivity index (χ2v) is 5.48. The first-order chi connectivity index (χ1) is 9.68. The van der Waals surface area contributed by atoms with Crippen molar-refractivity contribution in [2.75, 3.05) is 6.54 Å². The lowest BCUT2D eigenvalue weighted by atomic mass is 9.87. The highest BCUT2D eigenvalue weighted by Crippen LogP contribution is 2.26. The molecule has 2 rings (SSSR count). The molecular weight excluding hydrogens is 259 g/mol. The first-order valence-corrected chi connectivity index (χ1v) is 7.31. The van der Waals surface area contributed by atoms with Gasteiger partial charge in [0.1, 0.15) is 0 Å². The highest BCUT2D eigenvalue weighted by Gasteiger charge is 2.17. The number of benzene rings is 1. The highest BCUT2D eigenvalue weighted by molar-refractivity contribution is 5.36. The van der Waals surface area contributed by atoms with E-state index in [1.165, 1.54) is 44.2 Å². The Morgan fingerprint density at radius 2 is 2.05 bits per heavy atom. The minimum absolute atomic E-state index is 0.347. The van der Waals surface area contributed by atoms with E-state index in [0.717, 1.165) is 18.9 Å². The lowest BCUT2D eigenvalue weighted by molar-refractivity contribution is -0.387. The van der Waals surface area contributed by atoms with Gasteiger partial charge in [0.25, 0.3) is 0 Å². The molecule has 1 aromatic carbocycles. The summed E-state index contributed by atoms with van der Waals surface area (Å²) >= 11 is 0. The molecule has 20 heavy (non-hydrogen) atoms. The monoisotopic (exact) mass is 280 g/mol. The fourth-order valence-electron chi connectivity index (χ4n) is 2.85. The first-order valence-electron chi connectivity index (χ1n) is 7.31. The molecule has 0 spiro atoms. The Morgan fingerprint density at radius 3 is 2.75 bits per heavy atom. The van der Waals surface area contributed by atoms with Crippen LogP contribution in [0.4, 0.5) is 10.1 Å². The van der Waals surface area contributed by atoms with Crippen molar-refractivity contribution in [1.29, 1.82) is 0 Å². The summed E-state index contributed by atoms with van der Waals surface area (Å²) in [6.45, 7) is 1.19. The van der Waals surface area contributed by atoms with E-state index in [9.17, 15) is 14.5 Å². The van der Waals surface area contributed by atoms with Gasteiger partial charge in [-0.05, 0) is 18.9 Å². The number of nitro benzene ring substituents is 1. The number of rotatable bonds is 6. The average Bonchev–Trinajstić information content (AvgIpc) is 2.46. The molecule has 0 atom stereocenters. The highest BCUT2D eigenvalue weighted by atomic mass is 19.1. The molecule has 0 heterocycles. The van der Waals surface area contributed by atoms with Crippen molar-refractivity contribution in [3.05, 3.63) is 39.7 Å². The van der Waals surface area contributed by atoms with Crippen molar-refractivity contribution in [3.63, 3.8) is 0 Å². The Bertz CT molecular complexity index is 459. The number of hydrogen-bond donors (Lipinski definition) is 1. The van der Waals surface area contributed by atoms with Crippen LogP contribution in [0, 0.1) is 21.8 Å². The fraction of sp³-hybridized carbons (Fsp3) is 0.600. The van der Waals surface area contributed by atoms with Crippen LogP contribution in [0.15, 0.2) is 18.2 Å². The second kappa shape index (κ2) is 7.33. The lowest BCUT2D eigenvalue weighted by Gasteiger charge is -2.21. The summed E-state index contributed by atoms with van der Waals surface area (Å²) < 4.78 is 13.8. The summed E-state index contributed by atoms with van der Waals surface area (Å²) in [5, 5.41) is 13.8. The topological polar surface area (TPSA) is 55.2 Å². The van der Waals surface area contributed by atoms with Gasteiger partial charge in [-0.15, -0.1) is 0 Å². The average molecular weight is 280 g/mol. The van der Waals surface area contributed by atoms with E-state index in [2.05, 4.69) is 5.32 Å². The Kier molecular flexibility index (Phi) is 5.47. The molecule has 1 fully saturated rings. The van der Waals surface area contributed by atoms with Crippen LogP contribution in [0.2, 0.25) is 0 Å². The van der Waals surface area contributed by atoms with E-state index in [4.69, 9.17) is 0 Å². The van der Waals surface area contributed by atoms with Gasteiger partial charge in [-0.2, -0.15) is 4.39 Å². The zero-order chi connectivity index (χ0) is 14.4. The quantitative estimate of drug-likeness (QED) is 0.490. The standard InChI is InChI=1S/C15H21FN2O2/c16-15-13(7-4-8-14(15)18(19)20)11-17-10-9-12-5-2-1-3-6-12/h4,7-8,12,17H,1-3,5-6,9-11H2. The maximum Gasteiger partial charge on any atom is 0.305 e. The summed E-state index contributed by atoms with van der Waals surface area (Å²) in [5.41, 5.74) is -0.0839. The van der Waals surface area contributed by atoms with E-state index < -0.39 is 16.4 Å². The van der Waals surface area contributed by atoms with Crippen LogP contribution in [0.3, 0.4) is 0 Å². The zero-order valence-corrected chi connectivity index (χ0v) is 11.6. The fourth-order valence-corrected chi connectivity index (χ4v) is 2.85. The van der Waals surface area contributed by atoms with E-state index in [0.29, 0.717) is 12.1 Å². The SMILES string of the molecule is O=[N+]([O-])c1cccc(CNCCC2CCCCC2)c1F. The van der Waals surface area contributed by atoms with Crippen molar-refractivity contribution in [2.45, 2.75) is 45.1 Å². The van der Waals surface area contributed by atoms with Crippen LogP contribution in [0.25, 0.3) is 0 Å². The molecule has 0 saturated heterocycles. The van der Waals surface area contributed by atoms with Crippen LogP contribution in [0.5, 0.6) is 0 Å². The van der Waals surface area contributed by atoms with Crippen LogP contribution < -0.4 is 5.32 Å². The molecular formula is C15H21FN2O2. The van der Waals surface area contributed by atoms with Gasteiger partial charge in [0.2, 0.25) is 5.82 Å². The molecule has 0 unspecified atom stereocenters. The van der Waals surface area contributed by atoms with E-state index in [-0.39, 0.29) is 0 Å². The Labute approximate surface area is 118 Å². The van der Waals surface area contributed by atoms with Crippen molar-refractivity contribution in [2.24, 2.45) is 5.92 Å². The molecule has 4 nitrogen and oxygen atoms in total. The molecule has 0 amide bonds. The van der Waals surface area contributed by atoms with E-state index in [1.807, 2.05) is 0 Å². The summed E-state index contributed by atoms with van der Waals surface area (Å²) in [4.78, 5) is 9.98. The minimum Gasteiger partial charge on any atom is -0.313 e. The van der Waals surface area contributed by atoms with Gasteiger partial charge < -0.3 is 5.32 Å². The largest absolute Gasteiger partial charge is 0.313 e. The van der Waals surface area contributed by atoms with Crippen molar-refractivity contribution < 1.29 is 9.31 Å². The Balaban J connectivity index is 1.79. The van der Waals surface area contributed by atoms with Gasteiger partial charge in [0.05, 0.1) is 4.92 Å². The van der Waals surface area contributed by atoms with Gasteiger partial charge in [-0.25, -0.2) is 0 Å². The number of nitrogens with one attached hydrogen (secondary N) is 1. The van der Waals surface area contributed by atoms with Crippen molar-refractivity contribution in [1.82, 2.24) is 5.32 Å². The van der Waals surface area contributed by atoms with Gasteiger partial charge in [-0.1, -0.05) is 44.2 Å². The van der Waals surface area contributed by atoms with Crippen LogP contribution >= 0.6 is 0 Å². The van der Waals surface area contributed by atoms with Gasteiger partial charge >= 0.3 is 5.69 Å². The van der Waals surface area contributed by atoms with Crippen LogP contribution in [-0.4, -0.2) is 11.5 Å². The number of nitro groups is 1. The predicted octanol–water partition coefficient (Wildman–Crippen LogP) is 3.79. The molecule has 0 aromatic heterocycles. The number of nitrogens with zero attached hydrogens (tertiary/aromatic N) is 1. The summed E-state index contributed by atoms with van der Waals surface area (Å²) in [6, 6.07) is 4.32. The third kappa shape index (κ3) is 4.00. The zero-order valence-electron chi connectivity index (χ0n) is 11.6. The molecule has 0 radical (unpaired) electrons. The normalized spacial score (nSPS) is 16.2. The van der Waals surface area contributed by atoms with Crippen molar-refractivity contribution >= 4 is 5.69 Å². The van der Waals surface area contributed by atoms with E-state index in [1.54, 1.807) is 6.07 Å². The molecule has 1 aliphatic carbocycles. The molecule has 1 aliphatic rings. The number of hydrogen-bond acceptors (Lipinski definition) is 3. The second-order valence-electron chi connectivity index (χ2n) is 5.48. The van der Waals surface area contributed by atoms with Gasteiger partial charge in [0, 0.05) is 18.2 Å². The first kappa shape index (κ1) is 14.9. The number of halogens is 1. The van der Waals surface area contributed by atoms with Crippen LogP contribution in [0.1, 0.15) is 44.1 Å². The van der Waals surface area contributed by atoms with E-state index >= 15 is 0 Å². The summed E-state index contributed by atoms with van der Waals surface area (Å²) in [6.07, 6.45) is 7.70. The Morgan fingerprint density at radius 1 is 1.30 bits per heavy atom. The van der Waals surface area contributed by atoms with Crippen molar-refractivity contribution in [3.8, 4) is 0 Å². The molecule has 1 aromatic rings. The maximum atomic E-state index is 13.8. The van der Waals surface area contributed by atoms with Gasteiger partial charge in [0.15, 0.2) is 0 Å². The Hall–Kier alpha value is -1.49. The predicted molar refractivity (Wildman–Crippen MR) is 76.0 cm³/mol. The van der Waals surface area contributed by atoms with Crippen LogP contribution in [-0.2, 0) is 6.54 Å². The third-order valence-electron chi connectivity index (χ3n) is 4.02. The maximum absolute atomic E-state index is 13.8. The van der Waals surface area contributed by atoms with Gasteiger partial charge in [-0.3, -0.25) is 10.1 Å².